The highest BCUT2D eigenvalue weighted by molar-refractivity contribution is 7.99. The summed E-state index contributed by atoms with van der Waals surface area (Å²) >= 11 is 7.83. The van der Waals surface area contributed by atoms with Gasteiger partial charge in [-0.25, -0.2) is 0 Å². The van der Waals surface area contributed by atoms with E-state index in [9.17, 15) is 0 Å². The van der Waals surface area contributed by atoms with Crippen LogP contribution >= 0.6 is 23.4 Å². The van der Waals surface area contributed by atoms with Gasteiger partial charge in [0.25, 0.3) is 0 Å². The molecule has 1 heterocycles. The molecule has 0 atom stereocenters. The van der Waals surface area contributed by atoms with Crippen molar-refractivity contribution in [1.29, 1.82) is 0 Å². The summed E-state index contributed by atoms with van der Waals surface area (Å²) in [6, 6.07) is 18.1. The molecule has 158 valence electrons. The number of halogens is 1. The van der Waals surface area contributed by atoms with Crippen LogP contribution in [-0.4, -0.2) is 50.7 Å². The van der Waals surface area contributed by atoms with Crippen molar-refractivity contribution in [2.24, 2.45) is 0 Å². The molecule has 0 saturated carbocycles. The maximum Gasteiger partial charge on any atom is 0.195 e. The van der Waals surface area contributed by atoms with Crippen molar-refractivity contribution < 1.29 is 5.11 Å². The fourth-order valence-electron chi connectivity index (χ4n) is 3.20. The maximum absolute atomic E-state index is 9.10. The number of hydrogen-bond acceptors (Lipinski definition) is 5. The second kappa shape index (κ2) is 11.3. The number of aromatic nitrogens is 3. The van der Waals surface area contributed by atoms with Crippen LogP contribution in [0.4, 0.5) is 0 Å². The molecular formula is C23H27ClN4OS. The van der Waals surface area contributed by atoms with E-state index in [0.717, 1.165) is 29.0 Å². The molecule has 3 rings (SSSR count). The standard InChI is InChI=1S/C23H27ClN4OS/c1-18(14-19-8-4-3-5-9-19)16-27(2)17-22-25-26-23(30-13-7-12-29)28(22)21-11-6-10-20(24)15-21/h3-6,8-11,14-15,29H,7,12-13,16-17H2,1-2H3/b18-14+. The molecule has 30 heavy (non-hydrogen) atoms. The van der Waals surface area contributed by atoms with Crippen molar-refractivity contribution in [3.8, 4) is 5.69 Å². The van der Waals surface area contributed by atoms with Gasteiger partial charge in [-0.15, -0.1) is 10.2 Å². The second-order valence-electron chi connectivity index (χ2n) is 7.21. The van der Waals surface area contributed by atoms with Crippen LogP contribution in [0.15, 0.2) is 65.3 Å². The van der Waals surface area contributed by atoms with Gasteiger partial charge >= 0.3 is 0 Å². The lowest BCUT2D eigenvalue weighted by Crippen LogP contribution is -2.22. The Bertz CT molecular complexity index is 974. The first-order valence-electron chi connectivity index (χ1n) is 9.91. The van der Waals surface area contributed by atoms with Crippen LogP contribution in [0.5, 0.6) is 0 Å². The Morgan fingerprint density at radius 2 is 1.97 bits per heavy atom. The lowest BCUT2D eigenvalue weighted by molar-refractivity contribution is 0.296. The van der Waals surface area contributed by atoms with Gasteiger partial charge in [-0.3, -0.25) is 9.47 Å². The Kier molecular flexibility index (Phi) is 8.51. The molecule has 0 unspecified atom stereocenters. The van der Waals surface area contributed by atoms with E-state index in [4.69, 9.17) is 16.7 Å². The number of aliphatic hydroxyl groups excluding tert-OH is 1. The Hall–Kier alpha value is -2.12. The zero-order chi connectivity index (χ0) is 21.3. The third kappa shape index (κ3) is 6.44. The first-order chi connectivity index (χ1) is 14.6. The molecule has 0 aliphatic rings. The summed E-state index contributed by atoms with van der Waals surface area (Å²) in [6.45, 7) is 3.78. The highest BCUT2D eigenvalue weighted by Crippen LogP contribution is 2.25. The number of thioether (sulfide) groups is 1. The van der Waals surface area contributed by atoms with E-state index in [0.29, 0.717) is 18.0 Å². The van der Waals surface area contributed by atoms with Crippen molar-refractivity contribution in [1.82, 2.24) is 19.7 Å². The van der Waals surface area contributed by atoms with E-state index in [1.165, 1.54) is 11.1 Å². The largest absolute Gasteiger partial charge is 0.396 e. The molecule has 0 saturated heterocycles. The fraction of sp³-hybridized carbons (Fsp3) is 0.304. The van der Waals surface area contributed by atoms with Crippen LogP contribution < -0.4 is 0 Å². The lowest BCUT2D eigenvalue weighted by Gasteiger charge is -2.18. The Morgan fingerprint density at radius 3 is 2.70 bits per heavy atom. The molecule has 7 heteroatoms. The summed E-state index contributed by atoms with van der Waals surface area (Å²) in [4.78, 5) is 2.22. The van der Waals surface area contributed by atoms with Gasteiger partial charge < -0.3 is 5.11 Å². The van der Waals surface area contributed by atoms with Crippen LogP contribution in [0.25, 0.3) is 11.8 Å². The van der Waals surface area contributed by atoms with E-state index in [1.54, 1.807) is 11.8 Å². The van der Waals surface area contributed by atoms with Gasteiger partial charge in [0.15, 0.2) is 11.0 Å². The summed E-state index contributed by atoms with van der Waals surface area (Å²) in [6.07, 6.45) is 2.92. The summed E-state index contributed by atoms with van der Waals surface area (Å²) in [5.74, 6) is 1.64. The minimum atomic E-state index is 0.168. The molecular weight excluding hydrogens is 416 g/mol. The molecule has 0 amide bonds. The van der Waals surface area contributed by atoms with Crippen molar-refractivity contribution in [3.05, 3.63) is 76.6 Å². The van der Waals surface area contributed by atoms with Crippen LogP contribution in [0.3, 0.4) is 0 Å². The average Bonchev–Trinajstić information content (AvgIpc) is 3.11. The maximum atomic E-state index is 9.10. The summed E-state index contributed by atoms with van der Waals surface area (Å²) in [7, 11) is 2.08. The van der Waals surface area contributed by atoms with Gasteiger partial charge in [-0.2, -0.15) is 0 Å². The van der Waals surface area contributed by atoms with E-state index in [-0.39, 0.29) is 6.61 Å². The molecule has 2 aromatic carbocycles. The molecule has 0 radical (unpaired) electrons. The van der Waals surface area contributed by atoms with E-state index in [1.807, 2.05) is 42.5 Å². The van der Waals surface area contributed by atoms with Crippen molar-refractivity contribution >= 4 is 29.4 Å². The van der Waals surface area contributed by atoms with E-state index >= 15 is 0 Å². The molecule has 0 aliphatic heterocycles. The lowest BCUT2D eigenvalue weighted by atomic mass is 10.1. The molecule has 0 spiro atoms. The van der Waals surface area contributed by atoms with Gasteiger partial charge in [-0.1, -0.05) is 71.4 Å². The number of aliphatic hydroxyl groups is 1. The van der Waals surface area contributed by atoms with Gasteiger partial charge in [0, 0.05) is 23.9 Å². The van der Waals surface area contributed by atoms with Gasteiger partial charge in [0.2, 0.25) is 0 Å². The number of nitrogens with zero attached hydrogens (tertiary/aromatic N) is 4. The first kappa shape index (κ1) is 22.6. The second-order valence-corrected chi connectivity index (χ2v) is 8.71. The van der Waals surface area contributed by atoms with Crippen LogP contribution in [0, 0.1) is 0 Å². The average molecular weight is 443 g/mol. The van der Waals surface area contributed by atoms with E-state index < -0.39 is 0 Å². The van der Waals surface area contributed by atoms with E-state index in [2.05, 4.69) is 51.8 Å². The Labute approximate surface area is 187 Å². The molecule has 0 bridgehead atoms. The van der Waals surface area contributed by atoms with Crippen LogP contribution in [-0.2, 0) is 6.54 Å². The predicted molar refractivity (Wildman–Crippen MR) is 125 cm³/mol. The topological polar surface area (TPSA) is 54.2 Å². The molecule has 3 aromatic rings. The number of likely N-dealkylation sites (N-methyl/N-ethyl adjacent to an activating group) is 1. The van der Waals surface area contributed by atoms with Crippen molar-refractivity contribution in [2.75, 3.05) is 26.0 Å². The van der Waals surface area contributed by atoms with Crippen molar-refractivity contribution in [3.63, 3.8) is 0 Å². The number of hydrogen-bond donors (Lipinski definition) is 1. The fourth-order valence-corrected chi connectivity index (χ4v) is 4.28. The molecule has 5 nitrogen and oxygen atoms in total. The number of rotatable bonds is 10. The minimum Gasteiger partial charge on any atom is -0.396 e. The van der Waals surface area contributed by atoms with Gasteiger partial charge in [-0.05, 0) is 44.2 Å². The number of benzene rings is 2. The smallest absolute Gasteiger partial charge is 0.195 e. The van der Waals surface area contributed by atoms with Crippen molar-refractivity contribution in [2.45, 2.75) is 25.0 Å². The van der Waals surface area contributed by atoms with Gasteiger partial charge in [0.05, 0.1) is 12.2 Å². The zero-order valence-corrected chi connectivity index (χ0v) is 18.9. The summed E-state index contributed by atoms with van der Waals surface area (Å²) < 4.78 is 2.06. The van der Waals surface area contributed by atoms with Crippen LogP contribution in [0.2, 0.25) is 5.02 Å². The third-order valence-corrected chi connectivity index (χ3v) is 5.69. The predicted octanol–water partition coefficient (Wildman–Crippen LogP) is 4.93. The molecule has 1 N–H and O–H groups in total. The quantitative estimate of drug-likeness (QED) is 0.356. The SMILES string of the molecule is C/C(=C\c1ccccc1)CN(C)Cc1nnc(SCCCO)n1-c1cccc(Cl)c1. The summed E-state index contributed by atoms with van der Waals surface area (Å²) in [5, 5.41) is 19.4. The summed E-state index contributed by atoms with van der Waals surface area (Å²) in [5.41, 5.74) is 3.42. The molecule has 1 aromatic heterocycles. The molecule has 0 fully saturated rings. The monoisotopic (exact) mass is 442 g/mol. The zero-order valence-electron chi connectivity index (χ0n) is 17.3. The highest BCUT2D eigenvalue weighted by Gasteiger charge is 2.16. The van der Waals surface area contributed by atoms with Crippen LogP contribution in [0.1, 0.15) is 24.7 Å². The highest BCUT2D eigenvalue weighted by atomic mass is 35.5. The Morgan fingerprint density at radius 1 is 1.17 bits per heavy atom. The minimum absolute atomic E-state index is 0.168. The Balaban J connectivity index is 1.78. The first-order valence-corrected chi connectivity index (χ1v) is 11.3. The van der Waals surface area contributed by atoms with Gasteiger partial charge in [0.1, 0.15) is 0 Å². The molecule has 0 aliphatic carbocycles. The normalized spacial score (nSPS) is 12.0. The third-order valence-electron chi connectivity index (χ3n) is 4.44.